The summed E-state index contributed by atoms with van der Waals surface area (Å²) in [7, 11) is 0. The predicted octanol–water partition coefficient (Wildman–Crippen LogP) is 4.57. The number of para-hydroxylation sites is 1. The molecule has 0 bridgehead atoms. The largest absolute Gasteiger partial charge is 0.466 e. The van der Waals surface area contributed by atoms with E-state index < -0.39 is 0 Å². The topological polar surface area (TPSA) is 31.2 Å². The fraction of sp³-hybridized carbons (Fsp3) is 0.278. The van der Waals surface area contributed by atoms with Gasteiger partial charge in [-0.15, -0.1) is 0 Å². The second-order valence-electron chi connectivity index (χ2n) is 5.20. The zero-order valence-electron chi connectivity index (χ0n) is 12.7. The van der Waals surface area contributed by atoms with Crippen LogP contribution in [0.4, 0.5) is 0 Å². The van der Waals surface area contributed by atoms with E-state index in [1.165, 1.54) is 0 Å². The Kier molecular flexibility index (Phi) is 4.08. The molecule has 0 aliphatic heterocycles. The first-order valence-corrected chi connectivity index (χ1v) is 7.88. The van der Waals surface area contributed by atoms with E-state index in [-0.39, 0.29) is 12.4 Å². The molecule has 0 radical (unpaired) electrons. The minimum absolute atomic E-state index is 0.194. The molecule has 0 fully saturated rings. The Morgan fingerprint density at radius 3 is 2.73 bits per heavy atom. The monoisotopic (exact) mass is 315 g/mol. The van der Waals surface area contributed by atoms with E-state index in [1.54, 1.807) is 0 Å². The van der Waals surface area contributed by atoms with Crippen LogP contribution in [0.2, 0.25) is 5.02 Å². The molecule has 0 saturated carbocycles. The van der Waals surface area contributed by atoms with Crippen LogP contribution in [0.25, 0.3) is 21.8 Å². The first-order chi connectivity index (χ1) is 10.7. The van der Waals surface area contributed by atoms with E-state index >= 15 is 0 Å². The molecule has 2 aromatic carbocycles. The molecule has 0 amide bonds. The van der Waals surface area contributed by atoms with E-state index in [0.717, 1.165) is 38.9 Å². The van der Waals surface area contributed by atoms with E-state index in [9.17, 15) is 4.79 Å². The molecule has 3 nitrogen and oxygen atoms in total. The molecule has 0 unspecified atom stereocenters. The number of aryl methyl sites for hydroxylation is 1. The maximum absolute atomic E-state index is 11.9. The third-order valence-corrected chi connectivity index (χ3v) is 4.12. The minimum Gasteiger partial charge on any atom is -0.466 e. The Hall–Kier alpha value is -2.00. The van der Waals surface area contributed by atoms with Crippen LogP contribution in [0.15, 0.2) is 36.4 Å². The van der Waals surface area contributed by atoms with Gasteiger partial charge in [0, 0.05) is 27.9 Å². The number of aromatic nitrogens is 1. The number of fused-ring (bicyclic) bond motifs is 3. The number of ether oxygens (including phenoxy) is 1. The summed E-state index contributed by atoms with van der Waals surface area (Å²) >= 11 is 6.15. The number of carbonyl (C=O) groups is 1. The first kappa shape index (κ1) is 14.9. The van der Waals surface area contributed by atoms with Crippen molar-refractivity contribution < 1.29 is 9.53 Å². The second kappa shape index (κ2) is 6.01. The van der Waals surface area contributed by atoms with Crippen molar-refractivity contribution in [1.29, 1.82) is 0 Å². The van der Waals surface area contributed by atoms with Crippen molar-refractivity contribution in [3.63, 3.8) is 0 Å². The lowest BCUT2D eigenvalue weighted by Gasteiger charge is -2.08. The number of hydrogen-bond donors (Lipinski definition) is 0. The van der Waals surface area contributed by atoms with Gasteiger partial charge in [0.1, 0.15) is 0 Å². The zero-order valence-corrected chi connectivity index (χ0v) is 13.5. The Balaban J connectivity index is 2.26. The molecule has 22 heavy (non-hydrogen) atoms. The lowest BCUT2D eigenvalue weighted by molar-refractivity contribution is -0.142. The Bertz CT molecular complexity index is 851. The van der Waals surface area contributed by atoms with Crippen molar-refractivity contribution in [2.45, 2.75) is 26.8 Å². The van der Waals surface area contributed by atoms with Gasteiger partial charge in [0.15, 0.2) is 0 Å². The SMILES string of the molecule is CCOC(=O)Cc1cccc2c3cc(Cl)ccc3n(CC)c12. The molecule has 0 spiro atoms. The molecule has 3 aromatic rings. The third kappa shape index (κ3) is 2.46. The normalized spacial score (nSPS) is 11.2. The highest BCUT2D eigenvalue weighted by Gasteiger charge is 2.15. The molecule has 0 aliphatic carbocycles. The van der Waals surface area contributed by atoms with Gasteiger partial charge in [-0.2, -0.15) is 0 Å². The predicted molar refractivity (Wildman–Crippen MR) is 90.5 cm³/mol. The van der Waals surface area contributed by atoms with E-state index in [1.807, 2.05) is 37.3 Å². The van der Waals surface area contributed by atoms with Crippen LogP contribution in [0, 0.1) is 0 Å². The van der Waals surface area contributed by atoms with Crippen molar-refractivity contribution in [3.05, 3.63) is 47.0 Å². The van der Waals surface area contributed by atoms with E-state index in [4.69, 9.17) is 16.3 Å². The summed E-state index contributed by atoms with van der Waals surface area (Å²) in [6.45, 7) is 5.17. The van der Waals surface area contributed by atoms with Gasteiger partial charge in [-0.1, -0.05) is 29.8 Å². The Morgan fingerprint density at radius 1 is 1.18 bits per heavy atom. The third-order valence-electron chi connectivity index (χ3n) is 3.89. The van der Waals surface area contributed by atoms with Gasteiger partial charge in [-0.05, 0) is 37.6 Å². The summed E-state index contributed by atoms with van der Waals surface area (Å²) in [5.41, 5.74) is 3.22. The van der Waals surface area contributed by atoms with Gasteiger partial charge in [-0.25, -0.2) is 0 Å². The van der Waals surface area contributed by atoms with Crippen molar-refractivity contribution in [3.8, 4) is 0 Å². The maximum atomic E-state index is 11.9. The summed E-state index contributed by atoms with van der Waals surface area (Å²) < 4.78 is 7.32. The van der Waals surface area contributed by atoms with Crippen LogP contribution >= 0.6 is 11.6 Å². The number of nitrogens with zero attached hydrogens (tertiary/aromatic N) is 1. The average Bonchev–Trinajstić information content (AvgIpc) is 2.81. The van der Waals surface area contributed by atoms with Gasteiger partial charge < -0.3 is 9.30 Å². The Labute approximate surface area is 134 Å². The fourth-order valence-corrected chi connectivity index (χ4v) is 3.22. The van der Waals surface area contributed by atoms with E-state index in [2.05, 4.69) is 17.6 Å². The molecular weight excluding hydrogens is 298 g/mol. The molecule has 0 saturated heterocycles. The molecule has 1 heterocycles. The quantitative estimate of drug-likeness (QED) is 0.660. The van der Waals surface area contributed by atoms with Gasteiger partial charge in [0.2, 0.25) is 0 Å². The zero-order chi connectivity index (χ0) is 15.7. The van der Waals surface area contributed by atoms with E-state index in [0.29, 0.717) is 6.61 Å². The van der Waals surface area contributed by atoms with Crippen molar-refractivity contribution in [1.82, 2.24) is 4.57 Å². The number of benzene rings is 2. The lowest BCUT2D eigenvalue weighted by atomic mass is 10.1. The van der Waals surface area contributed by atoms with Crippen LogP contribution in [-0.4, -0.2) is 17.1 Å². The van der Waals surface area contributed by atoms with Gasteiger partial charge in [0.05, 0.1) is 18.5 Å². The first-order valence-electron chi connectivity index (χ1n) is 7.50. The molecule has 0 aliphatic rings. The smallest absolute Gasteiger partial charge is 0.310 e. The highest BCUT2D eigenvalue weighted by Crippen LogP contribution is 2.33. The summed E-state index contributed by atoms with van der Waals surface area (Å²) in [6, 6.07) is 12.0. The molecule has 3 rings (SSSR count). The number of hydrogen-bond acceptors (Lipinski definition) is 2. The summed E-state index contributed by atoms with van der Waals surface area (Å²) in [5.74, 6) is -0.194. The van der Waals surface area contributed by atoms with Crippen LogP contribution < -0.4 is 0 Å². The fourth-order valence-electron chi connectivity index (χ4n) is 3.05. The van der Waals surface area contributed by atoms with Crippen molar-refractivity contribution in [2.75, 3.05) is 6.61 Å². The summed E-state index contributed by atoms with van der Waals surface area (Å²) in [4.78, 5) is 11.9. The highest BCUT2D eigenvalue weighted by molar-refractivity contribution is 6.31. The minimum atomic E-state index is -0.194. The Morgan fingerprint density at radius 2 is 2.00 bits per heavy atom. The number of rotatable bonds is 4. The molecule has 0 N–H and O–H groups in total. The molecule has 4 heteroatoms. The summed E-state index contributed by atoms with van der Waals surface area (Å²) in [6.07, 6.45) is 0.287. The van der Waals surface area contributed by atoms with Crippen LogP contribution in [0.5, 0.6) is 0 Å². The lowest BCUT2D eigenvalue weighted by Crippen LogP contribution is -2.08. The van der Waals surface area contributed by atoms with Crippen molar-refractivity contribution >= 4 is 39.4 Å². The number of halogens is 1. The van der Waals surface area contributed by atoms with Gasteiger partial charge in [0.25, 0.3) is 0 Å². The maximum Gasteiger partial charge on any atom is 0.310 e. The molecule has 114 valence electrons. The second-order valence-corrected chi connectivity index (χ2v) is 5.64. The standard InChI is InChI=1S/C18H18ClNO2/c1-3-20-16-9-8-13(19)11-15(16)14-7-5-6-12(18(14)20)10-17(21)22-4-2/h5-9,11H,3-4,10H2,1-2H3. The highest BCUT2D eigenvalue weighted by atomic mass is 35.5. The van der Waals surface area contributed by atoms with Crippen LogP contribution in [0.1, 0.15) is 19.4 Å². The van der Waals surface area contributed by atoms with Crippen LogP contribution in [-0.2, 0) is 22.5 Å². The van der Waals surface area contributed by atoms with Gasteiger partial charge in [-0.3, -0.25) is 4.79 Å². The average molecular weight is 316 g/mol. The van der Waals surface area contributed by atoms with Gasteiger partial charge >= 0.3 is 5.97 Å². The molecule has 1 aromatic heterocycles. The molecule has 0 atom stereocenters. The molecular formula is C18H18ClNO2. The van der Waals surface area contributed by atoms with Crippen LogP contribution in [0.3, 0.4) is 0 Å². The summed E-state index contributed by atoms with van der Waals surface area (Å²) in [5, 5.41) is 2.97. The number of esters is 1. The van der Waals surface area contributed by atoms with Crippen molar-refractivity contribution in [2.24, 2.45) is 0 Å². The number of carbonyl (C=O) groups excluding carboxylic acids is 1.